The molecule has 0 aliphatic heterocycles. The molecule has 0 rings (SSSR count). The third-order valence-electron chi connectivity index (χ3n) is 14.1. The van der Waals surface area contributed by atoms with E-state index in [2.05, 4.69) is 167 Å². The van der Waals surface area contributed by atoms with Crippen molar-refractivity contribution in [1.82, 2.24) is 0 Å². The van der Waals surface area contributed by atoms with Gasteiger partial charge < -0.3 is 14.2 Å². The van der Waals surface area contributed by atoms with Crippen molar-refractivity contribution in [3.05, 3.63) is 146 Å². The third kappa shape index (κ3) is 66.1. The number of unbranched alkanes of at least 4 members (excludes halogenated alkanes) is 25. The summed E-state index contributed by atoms with van der Waals surface area (Å²) in [6.45, 7) is 6.36. The maximum Gasteiger partial charge on any atom is 0.306 e. The molecule has 6 heteroatoms. The van der Waals surface area contributed by atoms with Crippen LogP contribution in [0.4, 0.5) is 0 Å². The summed E-state index contributed by atoms with van der Waals surface area (Å²) < 4.78 is 16.9. The average molecular weight is 1130 g/mol. The lowest BCUT2D eigenvalue weighted by Gasteiger charge is -2.18. The van der Waals surface area contributed by atoms with Crippen LogP contribution in [0, 0.1) is 0 Å². The normalized spacial score (nSPS) is 13.1. The molecule has 0 saturated carbocycles. The first-order valence-corrected chi connectivity index (χ1v) is 33.8. The zero-order valence-electron chi connectivity index (χ0n) is 53.2. The summed E-state index contributed by atoms with van der Waals surface area (Å²) in [4.78, 5) is 38.3. The molecule has 1 atom stereocenters. The molecule has 0 amide bonds. The minimum Gasteiger partial charge on any atom is -0.462 e. The largest absolute Gasteiger partial charge is 0.462 e. The standard InChI is InChI=1S/C76H124O6/c1-4-7-10-13-16-19-22-25-27-29-30-31-32-33-34-35-36-37-38-39-40-41-42-43-44-45-46-47-49-51-54-57-60-63-66-69-75(78)81-72-73(71-80-74(77)68-65-62-59-56-53-50-24-21-18-15-12-9-6-3)82-76(79)70-67-64-61-58-55-52-48-28-26-23-20-17-14-11-8-5-2/h7,9-10,12,16,18-21,23,25,27-28,30-31,33-34,36-37,39-40,48,50,53,73H,4-6,8,11,13-15,17,22,24,26,29,32,35,38,41-47,49,51-52,54-72H2,1-3H3/b10-7-,12-9-,19-16-,21-18-,23-20-,27-25-,31-30-,34-33-,37-36-,40-39-,48-28-,53-50-. The quantitative estimate of drug-likeness (QED) is 0.0261. The molecular weight excluding hydrogens is 1010 g/mol. The van der Waals surface area contributed by atoms with Crippen LogP contribution in [0.3, 0.4) is 0 Å². The third-order valence-corrected chi connectivity index (χ3v) is 14.1. The summed E-state index contributed by atoms with van der Waals surface area (Å²) in [5, 5.41) is 0. The fourth-order valence-electron chi connectivity index (χ4n) is 9.06. The smallest absolute Gasteiger partial charge is 0.306 e. The second-order valence-corrected chi connectivity index (χ2v) is 22.0. The van der Waals surface area contributed by atoms with E-state index in [4.69, 9.17) is 14.2 Å². The molecule has 0 bridgehead atoms. The van der Waals surface area contributed by atoms with E-state index < -0.39 is 6.10 Å². The monoisotopic (exact) mass is 1130 g/mol. The highest BCUT2D eigenvalue weighted by molar-refractivity contribution is 5.71. The van der Waals surface area contributed by atoms with E-state index in [-0.39, 0.29) is 31.1 Å². The molecule has 464 valence electrons. The second kappa shape index (κ2) is 68.8. The number of hydrogen-bond donors (Lipinski definition) is 0. The molecule has 0 aromatic rings. The van der Waals surface area contributed by atoms with E-state index >= 15 is 0 Å². The van der Waals surface area contributed by atoms with Crippen LogP contribution in [0.15, 0.2) is 146 Å². The van der Waals surface area contributed by atoms with Gasteiger partial charge in [-0.2, -0.15) is 0 Å². The molecule has 82 heavy (non-hydrogen) atoms. The van der Waals surface area contributed by atoms with Crippen LogP contribution in [0.25, 0.3) is 0 Å². The van der Waals surface area contributed by atoms with Crippen LogP contribution in [0.1, 0.15) is 297 Å². The summed E-state index contributed by atoms with van der Waals surface area (Å²) in [5.74, 6) is -0.939. The van der Waals surface area contributed by atoms with Crippen molar-refractivity contribution in [1.29, 1.82) is 0 Å². The van der Waals surface area contributed by atoms with Crippen molar-refractivity contribution in [2.45, 2.75) is 303 Å². The molecular formula is C76H124O6. The fourth-order valence-corrected chi connectivity index (χ4v) is 9.06. The number of carbonyl (C=O) groups is 3. The van der Waals surface area contributed by atoms with E-state index in [1.54, 1.807) is 0 Å². The van der Waals surface area contributed by atoms with Gasteiger partial charge >= 0.3 is 17.9 Å². The van der Waals surface area contributed by atoms with Gasteiger partial charge in [0.1, 0.15) is 13.2 Å². The van der Waals surface area contributed by atoms with Gasteiger partial charge in [-0.3, -0.25) is 14.4 Å². The molecule has 0 spiro atoms. The lowest BCUT2D eigenvalue weighted by molar-refractivity contribution is -0.167. The van der Waals surface area contributed by atoms with Crippen LogP contribution < -0.4 is 0 Å². The van der Waals surface area contributed by atoms with Crippen LogP contribution in [-0.2, 0) is 28.6 Å². The summed E-state index contributed by atoms with van der Waals surface area (Å²) in [6.07, 6.45) is 98.7. The van der Waals surface area contributed by atoms with Crippen LogP contribution in [0.2, 0.25) is 0 Å². The highest BCUT2D eigenvalue weighted by Gasteiger charge is 2.19. The van der Waals surface area contributed by atoms with Gasteiger partial charge in [0, 0.05) is 19.3 Å². The average Bonchev–Trinajstić information content (AvgIpc) is 3.47. The van der Waals surface area contributed by atoms with Crippen LogP contribution in [-0.4, -0.2) is 37.2 Å². The van der Waals surface area contributed by atoms with Gasteiger partial charge in [0.2, 0.25) is 0 Å². The van der Waals surface area contributed by atoms with Crippen LogP contribution >= 0.6 is 0 Å². The van der Waals surface area contributed by atoms with Gasteiger partial charge in [-0.05, 0) is 141 Å². The maximum absolute atomic E-state index is 12.9. The Bertz CT molecular complexity index is 1780. The van der Waals surface area contributed by atoms with E-state index in [0.29, 0.717) is 19.3 Å². The molecule has 0 aliphatic rings. The Morgan fingerprint density at radius 1 is 0.256 bits per heavy atom. The highest BCUT2D eigenvalue weighted by Crippen LogP contribution is 2.16. The number of carbonyl (C=O) groups excluding carboxylic acids is 3. The van der Waals surface area contributed by atoms with Gasteiger partial charge in [0.05, 0.1) is 0 Å². The first-order valence-electron chi connectivity index (χ1n) is 33.8. The SMILES string of the molecule is CC/C=C\C/C=C\C/C=C\C/C=C\C/C=C\C/C=C\C/C=C\CCCCCCCCCCCCCCCC(=O)OCC(COC(=O)CCCCC/C=C\C/C=C\C/C=C\CC)OC(=O)CCCCCCC/C=C\C/C=C\CCCCCC. The fraction of sp³-hybridized carbons (Fsp3) is 0.645. The lowest BCUT2D eigenvalue weighted by Crippen LogP contribution is -2.30. The number of rotatable bonds is 60. The van der Waals surface area contributed by atoms with E-state index in [1.165, 1.54) is 103 Å². The molecule has 0 N–H and O–H groups in total. The molecule has 6 nitrogen and oxygen atoms in total. The van der Waals surface area contributed by atoms with Gasteiger partial charge in [0.15, 0.2) is 6.10 Å². The topological polar surface area (TPSA) is 78.9 Å². The number of allylic oxidation sites excluding steroid dienone is 24. The molecule has 0 aromatic carbocycles. The van der Waals surface area contributed by atoms with Gasteiger partial charge in [0.25, 0.3) is 0 Å². The summed E-state index contributed by atoms with van der Waals surface area (Å²) in [6, 6.07) is 0. The van der Waals surface area contributed by atoms with Gasteiger partial charge in [-0.15, -0.1) is 0 Å². The summed E-state index contributed by atoms with van der Waals surface area (Å²) >= 11 is 0. The predicted octanol–water partition coefficient (Wildman–Crippen LogP) is 23.5. The summed E-state index contributed by atoms with van der Waals surface area (Å²) in [7, 11) is 0. The Kier molecular flexibility index (Phi) is 64.8. The Labute approximate surface area is 506 Å². The molecule has 0 heterocycles. The number of ether oxygens (including phenoxy) is 3. The Hall–Kier alpha value is -4.71. The van der Waals surface area contributed by atoms with Crippen molar-refractivity contribution < 1.29 is 28.6 Å². The molecule has 1 unspecified atom stereocenters. The van der Waals surface area contributed by atoms with Crippen molar-refractivity contribution in [2.24, 2.45) is 0 Å². The first-order chi connectivity index (χ1) is 40.5. The summed E-state index contributed by atoms with van der Waals surface area (Å²) in [5.41, 5.74) is 0. The number of esters is 3. The van der Waals surface area contributed by atoms with Gasteiger partial charge in [-0.1, -0.05) is 282 Å². The predicted molar refractivity (Wildman–Crippen MR) is 357 cm³/mol. The Morgan fingerprint density at radius 3 is 0.756 bits per heavy atom. The Balaban J connectivity index is 4.23. The van der Waals surface area contributed by atoms with Crippen molar-refractivity contribution >= 4 is 17.9 Å². The zero-order valence-corrected chi connectivity index (χ0v) is 53.2. The van der Waals surface area contributed by atoms with Gasteiger partial charge in [-0.25, -0.2) is 0 Å². The molecule has 0 aromatic heterocycles. The van der Waals surface area contributed by atoms with E-state index in [9.17, 15) is 14.4 Å². The molecule has 0 fully saturated rings. The van der Waals surface area contributed by atoms with E-state index in [1.807, 2.05) is 0 Å². The van der Waals surface area contributed by atoms with Crippen molar-refractivity contribution in [3.8, 4) is 0 Å². The second-order valence-electron chi connectivity index (χ2n) is 22.0. The highest BCUT2D eigenvalue weighted by atomic mass is 16.6. The lowest BCUT2D eigenvalue weighted by atomic mass is 10.0. The minimum absolute atomic E-state index is 0.0965. The van der Waals surface area contributed by atoms with Crippen LogP contribution in [0.5, 0.6) is 0 Å². The van der Waals surface area contributed by atoms with Crippen molar-refractivity contribution in [2.75, 3.05) is 13.2 Å². The van der Waals surface area contributed by atoms with E-state index in [0.717, 1.165) is 154 Å². The minimum atomic E-state index is -0.803. The molecule has 0 aliphatic carbocycles. The Morgan fingerprint density at radius 2 is 0.476 bits per heavy atom. The number of hydrogen-bond acceptors (Lipinski definition) is 6. The van der Waals surface area contributed by atoms with Crippen molar-refractivity contribution in [3.63, 3.8) is 0 Å². The first kappa shape index (κ1) is 77.3. The molecule has 0 saturated heterocycles. The zero-order chi connectivity index (χ0) is 59.2. The molecule has 0 radical (unpaired) electrons. The maximum atomic E-state index is 12.9.